The number of hydrogen-bond acceptors (Lipinski definition) is 7. The summed E-state index contributed by atoms with van der Waals surface area (Å²) in [7, 11) is 1.20. The minimum Gasteiger partial charge on any atom is -0.465 e. The highest BCUT2D eigenvalue weighted by molar-refractivity contribution is 6.07. The first-order chi connectivity index (χ1) is 13.0. The Hall–Kier alpha value is -3.75. The molecule has 0 spiro atoms. The lowest BCUT2D eigenvalue weighted by Crippen LogP contribution is -2.17. The van der Waals surface area contributed by atoms with Crippen molar-refractivity contribution in [1.29, 1.82) is 0 Å². The molecule has 8 nitrogen and oxygen atoms in total. The predicted octanol–water partition coefficient (Wildman–Crippen LogP) is 2.42. The van der Waals surface area contributed by atoms with Crippen LogP contribution in [0.5, 0.6) is 0 Å². The molecule has 0 fully saturated rings. The molecule has 0 aliphatic rings. The number of hydrogen-bond donors (Lipinski definition) is 1. The van der Waals surface area contributed by atoms with Crippen molar-refractivity contribution in [3.8, 4) is 11.3 Å². The molecule has 0 atom stereocenters. The molecule has 2 heterocycles. The summed E-state index contributed by atoms with van der Waals surface area (Å²) in [5.41, 5.74) is 1.40. The van der Waals surface area contributed by atoms with E-state index < -0.39 is 17.7 Å². The van der Waals surface area contributed by atoms with Crippen LogP contribution in [0.15, 0.2) is 43.0 Å². The highest BCUT2D eigenvalue weighted by Crippen LogP contribution is 2.22. The van der Waals surface area contributed by atoms with E-state index in [1.165, 1.54) is 32.5 Å². The zero-order chi connectivity index (χ0) is 19.4. The molecule has 136 valence electrons. The molecule has 0 saturated carbocycles. The van der Waals surface area contributed by atoms with Gasteiger partial charge in [0.15, 0.2) is 5.69 Å². The van der Waals surface area contributed by atoms with Crippen LogP contribution < -0.4 is 5.32 Å². The van der Waals surface area contributed by atoms with Gasteiger partial charge in [0, 0.05) is 18.0 Å². The molecule has 9 heteroatoms. The van der Waals surface area contributed by atoms with E-state index in [1.54, 1.807) is 18.5 Å². The van der Waals surface area contributed by atoms with Crippen LogP contribution in [0.25, 0.3) is 11.3 Å². The van der Waals surface area contributed by atoms with Crippen molar-refractivity contribution in [2.75, 3.05) is 12.4 Å². The maximum Gasteiger partial charge on any atom is 0.339 e. The molecule has 0 aliphatic heterocycles. The zero-order valence-corrected chi connectivity index (χ0v) is 14.4. The lowest BCUT2D eigenvalue weighted by Gasteiger charge is -2.11. The average Bonchev–Trinajstić information content (AvgIpc) is 2.70. The summed E-state index contributed by atoms with van der Waals surface area (Å²) in [6.07, 6.45) is 4.52. The molecular formula is C18H14FN5O3. The molecule has 3 rings (SSSR count). The molecule has 27 heavy (non-hydrogen) atoms. The van der Waals surface area contributed by atoms with Gasteiger partial charge in [-0.1, -0.05) is 0 Å². The molecule has 0 aliphatic carbocycles. The second kappa shape index (κ2) is 7.65. The molecular weight excluding hydrogens is 353 g/mol. The maximum absolute atomic E-state index is 13.9. The van der Waals surface area contributed by atoms with Crippen molar-refractivity contribution in [2.45, 2.75) is 6.92 Å². The fourth-order valence-electron chi connectivity index (χ4n) is 2.29. The van der Waals surface area contributed by atoms with E-state index >= 15 is 0 Å². The van der Waals surface area contributed by atoms with Crippen LogP contribution in [0.3, 0.4) is 0 Å². The van der Waals surface area contributed by atoms with Gasteiger partial charge < -0.3 is 10.1 Å². The fraction of sp³-hybridized carbons (Fsp3) is 0.111. The van der Waals surface area contributed by atoms with Crippen LogP contribution in [-0.2, 0) is 4.74 Å². The lowest BCUT2D eigenvalue weighted by atomic mass is 10.1. The van der Waals surface area contributed by atoms with Crippen LogP contribution in [0.4, 0.5) is 10.1 Å². The third-order valence-electron chi connectivity index (χ3n) is 3.71. The summed E-state index contributed by atoms with van der Waals surface area (Å²) in [5.74, 6) is -1.91. The summed E-state index contributed by atoms with van der Waals surface area (Å²) in [6, 6.07) is 5.40. The number of aryl methyl sites for hydroxylation is 1. The Bertz CT molecular complexity index is 994. The number of nitrogens with one attached hydrogen (secondary N) is 1. The van der Waals surface area contributed by atoms with Gasteiger partial charge in [0.05, 0.1) is 24.1 Å². The Morgan fingerprint density at radius 1 is 1.11 bits per heavy atom. The summed E-state index contributed by atoms with van der Waals surface area (Å²) in [5, 5.41) is 10.3. The molecule has 0 bridgehead atoms. The molecule has 1 N–H and O–H groups in total. The molecule has 1 aromatic carbocycles. The molecule has 3 aromatic rings. The monoisotopic (exact) mass is 367 g/mol. The van der Waals surface area contributed by atoms with Crippen LogP contribution >= 0.6 is 0 Å². The van der Waals surface area contributed by atoms with E-state index in [0.29, 0.717) is 11.3 Å². The normalized spacial score (nSPS) is 10.3. The summed E-state index contributed by atoms with van der Waals surface area (Å²) >= 11 is 0. The summed E-state index contributed by atoms with van der Waals surface area (Å²) < 4.78 is 18.5. The summed E-state index contributed by atoms with van der Waals surface area (Å²) in [6.45, 7) is 1.50. The quantitative estimate of drug-likeness (QED) is 0.706. The standard InChI is InChI=1S/C18H14FN5O3/c1-10-5-12(18(26)27-2)16(6-13(10)19)22-17(25)15-4-3-14(23-24-15)11-7-20-9-21-8-11/h3-9H,1-2H3,(H,22,25). The molecule has 0 unspecified atom stereocenters. The van der Waals surface area contributed by atoms with Crippen molar-refractivity contribution in [2.24, 2.45) is 0 Å². The van der Waals surface area contributed by atoms with Crippen LogP contribution in [0.2, 0.25) is 0 Å². The Morgan fingerprint density at radius 3 is 2.48 bits per heavy atom. The Morgan fingerprint density at radius 2 is 1.85 bits per heavy atom. The van der Waals surface area contributed by atoms with Gasteiger partial charge in [-0.2, -0.15) is 0 Å². The number of aromatic nitrogens is 4. The number of carbonyl (C=O) groups excluding carboxylic acids is 2. The van der Waals surface area contributed by atoms with Crippen LogP contribution in [0, 0.1) is 12.7 Å². The smallest absolute Gasteiger partial charge is 0.339 e. The Balaban J connectivity index is 1.85. The van der Waals surface area contributed by atoms with E-state index in [1.807, 2.05) is 0 Å². The molecule has 1 amide bonds. The van der Waals surface area contributed by atoms with Gasteiger partial charge in [0.25, 0.3) is 5.91 Å². The third-order valence-corrected chi connectivity index (χ3v) is 3.71. The third kappa shape index (κ3) is 3.92. The first-order valence-corrected chi connectivity index (χ1v) is 7.78. The van der Waals surface area contributed by atoms with Gasteiger partial charge in [-0.3, -0.25) is 4.79 Å². The SMILES string of the molecule is COC(=O)c1cc(C)c(F)cc1NC(=O)c1ccc(-c2cncnc2)nn1. The largest absolute Gasteiger partial charge is 0.465 e. The number of ether oxygens (including phenoxy) is 1. The molecule has 0 saturated heterocycles. The van der Waals surface area contributed by atoms with E-state index in [0.717, 1.165) is 6.07 Å². The molecule has 0 radical (unpaired) electrons. The lowest BCUT2D eigenvalue weighted by molar-refractivity contribution is 0.0601. The summed E-state index contributed by atoms with van der Waals surface area (Å²) in [4.78, 5) is 32.1. The zero-order valence-electron chi connectivity index (χ0n) is 14.4. The van der Waals surface area contributed by atoms with Gasteiger partial charge in [-0.25, -0.2) is 19.2 Å². The number of anilines is 1. The number of esters is 1. The highest BCUT2D eigenvalue weighted by Gasteiger charge is 2.18. The minimum absolute atomic E-state index is 0.00704. The number of rotatable bonds is 4. The van der Waals surface area contributed by atoms with Crippen LogP contribution in [0.1, 0.15) is 26.4 Å². The van der Waals surface area contributed by atoms with E-state index in [9.17, 15) is 14.0 Å². The Kier molecular flexibility index (Phi) is 5.11. The van der Waals surface area contributed by atoms with Gasteiger partial charge in [0.1, 0.15) is 12.1 Å². The van der Waals surface area contributed by atoms with Gasteiger partial charge in [-0.15, -0.1) is 10.2 Å². The predicted molar refractivity (Wildman–Crippen MR) is 93.5 cm³/mol. The Labute approximate surface area is 153 Å². The number of benzene rings is 1. The van der Waals surface area contributed by atoms with Crippen molar-refractivity contribution in [1.82, 2.24) is 20.2 Å². The number of carbonyl (C=O) groups is 2. The maximum atomic E-state index is 13.9. The minimum atomic E-state index is -0.695. The fourth-order valence-corrected chi connectivity index (χ4v) is 2.29. The van der Waals surface area contributed by atoms with E-state index in [2.05, 4.69) is 30.2 Å². The topological polar surface area (TPSA) is 107 Å². The van der Waals surface area contributed by atoms with E-state index in [-0.39, 0.29) is 22.5 Å². The highest BCUT2D eigenvalue weighted by atomic mass is 19.1. The van der Waals surface area contributed by atoms with Crippen molar-refractivity contribution in [3.63, 3.8) is 0 Å². The number of nitrogens with zero attached hydrogens (tertiary/aromatic N) is 4. The van der Waals surface area contributed by atoms with Gasteiger partial charge in [0.2, 0.25) is 0 Å². The van der Waals surface area contributed by atoms with E-state index in [4.69, 9.17) is 0 Å². The average molecular weight is 367 g/mol. The van der Waals surface area contributed by atoms with Crippen molar-refractivity contribution >= 4 is 17.6 Å². The number of halogens is 1. The van der Waals surface area contributed by atoms with Crippen molar-refractivity contribution in [3.05, 3.63) is 65.6 Å². The number of methoxy groups -OCH3 is 1. The number of amides is 1. The van der Waals surface area contributed by atoms with Crippen LogP contribution in [-0.4, -0.2) is 39.2 Å². The molecule has 2 aromatic heterocycles. The second-order valence-electron chi connectivity index (χ2n) is 5.52. The van der Waals surface area contributed by atoms with Gasteiger partial charge in [-0.05, 0) is 36.8 Å². The first-order valence-electron chi connectivity index (χ1n) is 7.78. The first kappa shape index (κ1) is 18.1. The van der Waals surface area contributed by atoms with Crippen molar-refractivity contribution < 1.29 is 18.7 Å². The second-order valence-corrected chi connectivity index (χ2v) is 5.52. The van der Waals surface area contributed by atoms with Gasteiger partial charge >= 0.3 is 5.97 Å².